The molecule has 1 aliphatic heterocycles. The number of piperazine rings is 1. The fraction of sp³-hybridized carbons (Fsp3) is 0.429. The number of carboxylic acid groups (broad SMARTS) is 1. The van der Waals surface area contributed by atoms with Gasteiger partial charge in [0.2, 0.25) is 10.0 Å². The van der Waals surface area contributed by atoms with Crippen molar-refractivity contribution < 1.29 is 31.5 Å². The summed E-state index contributed by atoms with van der Waals surface area (Å²) in [5, 5.41) is 10.3. The number of anilines is 1. The maximum atomic E-state index is 13.1. The first-order valence-electron chi connectivity index (χ1n) is 10.8. The third kappa shape index (κ3) is 4.82. The highest BCUT2D eigenvalue weighted by atomic mass is 32.2. The van der Waals surface area contributed by atoms with Gasteiger partial charge in [0, 0.05) is 26.1 Å². The number of hydrogen-bond acceptors (Lipinski definition) is 8. The quantitative estimate of drug-likeness (QED) is 0.520. The van der Waals surface area contributed by atoms with E-state index in [9.17, 15) is 31.5 Å². The van der Waals surface area contributed by atoms with E-state index in [1.54, 1.807) is 11.1 Å². The Kier molecular flexibility index (Phi) is 5.92. The molecule has 1 aromatic carbocycles. The van der Waals surface area contributed by atoms with Gasteiger partial charge in [-0.25, -0.2) is 18.4 Å². The van der Waals surface area contributed by atoms with Crippen LogP contribution in [0.3, 0.4) is 0 Å². The molecular weight excluding hydrogens is 507 g/mol. The number of carboxylic acids is 1. The standard InChI is InChI=1S/C21H20F3N5O4S2/c22-21(23,24)13-3-5-14(6-4-13)35(32,33)29-8-7-28(11-15(29)19(30)31)20-27-18-16(34-20)10-25-17(26-18)9-12-1-2-12/h3-6,10,12,15H,1-2,7-9,11H2,(H,30,31)/t15-/m1/s1. The summed E-state index contributed by atoms with van der Waals surface area (Å²) >= 11 is 1.29. The van der Waals surface area contributed by atoms with E-state index in [1.165, 1.54) is 24.2 Å². The lowest BCUT2D eigenvalue weighted by atomic mass is 10.2. The second kappa shape index (κ2) is 8.68. The summed E-state index contributed by atoms with van der Waals surface area (Å²) in [5.74, 6) is -0.0351. The van der Waals surface area contributed by atoms with Gasteiger partial charge in [-0.3, -0.25) is 4.79 Å². The number of fused-ring (bicyclic) bond motifs is 1. The Morgan fingerprint density at radius 3 is 2.49 bits per heavy atom. The van der Waals surface area contributed by atoms with Crippen molar-refractivity contribution in [2.45, 2.75) is 36.4 Å². The summed E-state index contributed by atoms with van der Waals surface area (Å²) in [4.78, 5) is 26.7. The first kappa shape index (κ1) is 23.9. The molecule has 1 N–H and O–H groups in total. The van der Waals surface area contributed by atoms with Crippen LogP contribution < -0.4 is 4.90 Å². The highest BCUT2D eigenvalue weighted by molar-refractivity contribution is 7.89. The molecule has 2 aromatic heterocycles. The number of thiazole rings is 1. The van der Waals surface area contributed by atoms with Crippen LogP contribution in [-0.4, -0.2) is 64.4 Å². The Morgan fingerprint density at radius 2 is 1.86 bits per heavy atom. The molecule has 9 nitrogen and oxygen atoms in total. The SMILES string of the molecule is O=C(O)[C@H]1CN(c2nc3nc(CC4CC4)ncc3s2)CCN1S(=O)(=O)c1ccc(C(F)(F)F)cc1. The molecule has 0 radical (unpaired) electrons. The summed E-state index contributed by atoms with van der Waals surface area (Å²) < 4.78 is 66.3. The first-order chi connectivity index (χ1) is 16.5. The largest absolute Gasteiger partial charge is 0.480 e. The van der Waals surface area contributed by atoms with Crippen LogP contribution in [0.15, 0.2) is 35.4 Å². The van der Waals surface area contributed by atoms with E-state index in [4.69, 9.17) is 0 Å². The van der Waals surface area contributed by atoms with E-state index >= 15 is 0 Å². The normalized spacial score (nSPS) is 19.9. The molecule has 5 rings (SSSR count). The van der Waals surface area contributed by atoms with Gasteiger partial charge in [0.05, 0.1) is 21.4 Å². The van der Waals surface area contributed by atoms with Crippen LogP contribution in [0.2, 0.25) is 0 Å². The Bertz CT molecular complexity index is 1370. The monoisotopic (exact) mass is 527 g/mol. The molecule has 1 atom stereocenters. The summed E-state index contributed by atoms with van der Waals surface area (Å²) in [7, 11) is -4.34. The summed E-state index contributed by atoms with van der Waals surface area (Å²) in [5.41, 5.74) is -0.474. The maximum absolute atomic E-state index is 13.1. The molecule has 0 unspecified atom stereocenters. The third-order valence-electron chi connectivity index (χ3n) is 6.03. The van der Waals surface area contributed by atoms with Gasteiger partial charge in [0.25, 0.3) is 0 Å². The molecule has 1 saturated heterocycles. The highest BCUT2D eigenvalue weighted by Gasteiger charge is 2.41. The fourth-order valence-corrected chi connectivity index (χ4v) is 6.43. The van der Waals surface area contributed by atoms with Crippen molar-refractivity contribution in [3.63, 3.8) is 0 Å². The molecule has 2 fully saturated rings. The molecule has 186 valence electrons. The number of benzene rings is 1. The van der Waals surface area contributed by atoms with E-state index in [2.05, 4.69) is 15.0 Å². The minimum atomic E-state index is -4.61. The predicted molar refractivity (Wildman–Crippen MR) is 121 cm³/mol. The summed E-state index contributed by atoms with van der Waals surface area (Å²) in [6, 6.07) is 1.57. The molecular formula is C21H20F3N5O4S2. The van der Waals surface area contributed by atoms with Crippen LogP contribution in [0.25, 0.3) is 10.3 Å². The highest BCUT2D eigenvalue weighted by Crippen LogP contribution is 2.34. The minimum absolute atomic E-state index is 0.159. The predicted octanol–water partition coefficient (Wildman–Crippen LogP) is 3.02. The van der Waals surface area contributed by atoms with Crippen molar-refractivity contribution in [1.29, 1.82) is 0 Å². The van der Waals surface area contributed by atoms with Gasteiger partial charge in [0.1, 0.15) is 11.9 Å². The number of alkyl halides is 3. The van der Waals surface area contributed by atoms with Gasteiger partial charge < -0.3 is 10.0 Å². The van der Waals surface area contributed by atoms with Crippen LogP contribution in [-0.2, 0) is 27.4 Å². The number of rotatable bonds is 6. The zero-order valence-electron chi connectivity index (χ0n) is 18.1. The second-order valence-electron chi connectivity index (χ2n) is 8.56. The first-order valence-corrected chi connectivity index (χ1v) is 13.1. The molecule has 3 heterocycles. The molecule has 0 spiro atoms. The van der Waals surface area contributed by atoms with Gasteiger partial charge in [-0.2, -0.15) is 22.5 Å². The lowest BCUT2D eigenvalue weighted by Gasteiger charge is -2.38. The number of aliphatic carboxylic acids is 1. The molecule has 1 saturated carbocycles. The molecule has 2 aliphatic rings. The van der Waals surface area contributed by atoms with Gasteiger partial charge in [0.15, 0.2) is 10.8 Å². The molecule has 0 bridgehead atoms. The average molecular weight is 528 g/mol. The van der Waals surface area contributed by atoms with E-state index < -0.39 is 38.7 Å². The lowest BCUT2D eigenvalue weighted by Crippen LogP contribution is -2.58. The third-order valence-corrected chi connectivity index (χ3v) is 8.99. The van der Waals surface area contributed by atoms with Gasteiger partial charge in [-0.1, -0.05) is 11.3 Å². The number of nitrogens with zero attached hydrogens (tertiary/aromatic N) is 5. The van der Waals surface area contributed by atoms with Crippen molar-refractivity contribution in [2.75, 3.05) is 24.5 Å². The van der Waals surface area contributed by atoms with E-state index in [0.717, 1.165) is 27.6 Å². The maximum Gasteiger partial charge on any atom is 0.416 e. The molecule has 0 amide bonds. The Morgan fingerprint density at radius 1 is 1.14 bits per heavy atom. The molecule has 3 aromatic rings. The van der Waals surface area contributed by atoms with Crippen LogP contribution in [0.4, 0.5) is 18.3 Å². The van der Waals surface area contributed by atoms with Gasteiger partial charge in [-0.05, 0) is 43.0 Å². The van der Waals surface area contributed by atoms with Crippen molar-refractivity contribution in [3.8, 4) is 0 Å². The zero-order chi connectivity index (χ0) is 25.0. The second-order valence-corrected chi connectivity index (χ2v) is 11.5. The van der Waals surface area contributed by atoms with Crippen molar-refractivity contribution in [3.05, 3.63) is 41.9 Å². The van der Waals surface area contributed by atoms with E-state index in [1.807, 2.05) is 0 Å². The van der Waals surface area contributed by atoms with Crippen molar-refractivity contribution in [1.82, 2.24) is 19.3 Å². The summed E-state index contributed by atoms with van der Waals surface area (Å²) in [6.45, 7) is -0.182. The molecule has 14 heteroatoms. The summed E-state index contributed by atoms with van der Waals surface area (Å²) in [6.07, 6.45) is 0.212. The van der Waals surface area contributed by atoms with Crippen LogP contribution in [0, 0.1) is 5.92 Å². The van der Waals surface area contributed by atoms with E-state index in [-0.39, 0.29) is 19.6 Å². The number of carbonyl (C=O) groups is 1. The van der Waals surface area contributed by atoms with Gasteiger partial charge in [-0.15, -0.1) is 0 Å². The Hall–Kier alpha value is -2.84. The molecule has 1 aliphatic carbocycles. The minimum Gasteiger partial charge on any atom is -0.480 e. The number of sulfonamides is 1. The van der Waals surface area contributed by atoms with Gasteiger partial charge >= 0.3 is 12.1 Å². The van der Waals surface area contributed by atoms with Crippen molar-refractivity contribution >= 4 is 42.8 Å². The molecule has 35 heavy (non-hydrogen) atoms. The number of halogens is 3. The van der Waals surface area contributed by atoms with Crippen LogP contribution in [0.1, 0.15) is 24.2 Å². The number of aromatic nitrogens is 3. The zero-order valence-corrected chi connectivity index (χ0v) is 19.8. The Balaban J connectivity index is 1.37. The average Bonchev–Trinajstić information content (AvgIpc) is 3.53. The van der Waals surface area contributed by atoms with Crippen molar-refractivity contribution in [2.24, 2.45) is 5.92 Å². The topological polar surface area (TPSA) is 117 Å². The fourth-order valence-electron chi connectivity index (χ4n) is 3.95. The van der Waals surface area contributed by atoms with E-state index in [0.29, 0.717) is 34.7 Å². The Labute approximate surface area is 202 Å². The smallest absolute Gasteiger partial charge is 0.416 e. The number of hydrogen-bond donors (Lipinski definition) is 1. The lowest BCUT2D eigenvalue weighted by molar-refractivity contribution is -0.141. The van der Waals surface area contributed by atoms with Crippen LogP contribution in [0.5, 0.6) is 0 Å². The van der Waals surface area contributed by atoms with Crippen LogP contribution >= 0.6 is 11.3 Å².